The second-order valence-corrected chi connectivity index (χ2v) is 15.1. The summed E-state index contributed by atoms with van der Waals surface area (Å²) in [5.41, 5.74) is 5.15. The Kier molecular flexibility index (Phi) is 9.41. The Bertz CT molecular complexity index is 2320. The number of hydrogen-bond donors (Lipinski definition) is 2. The molecule has 0 radical (unpaired) electrons. The Balaban J connectivity index is 1.28. The summed E-state index contributed by atoms with van der Waals surface area (Å²) in [6.07, 6.45) is 19.3. The topological polar surface area (TPSA) is 89.7 Å². The summed E-state index contributed by atoms with van der Waals surface area (Å²) in [5.74, 6) is 1.84. The lowest BCUT2D eigenvalue weighted by Crippen LogP contribution is -2.31. The van der Waals surface area contributed by atoms with Gasteiger partial charge in [0.15, 0.2) is 5.71 Å². The van der Waals surface area contributed by atoms with Crippen molar-refractivity contribution in [3.05, 3.63) is 132 Å². The lowest BCUT2D eigenvalue weighted by atomic mass is 9.79. The van der Waals surface area contributed by atoms with Crippen LogP contribution in [-0.4, -0.2) is 48.1 Å². The zero-order chi connectivity index (χ0) is 35.7. The van der Waals surface area contributed by atoms with Gasteiger partial charge in [-0.2, -0.15) is 13.0 Å². The largest absolute Gasteiger partial charge is 0.345 e. The zero-order valence-electron chi connectivity index (χ0n) is 28.9. The number of hydrogen-bond acceptors (Lipinski definition) is 4. The molecule has 0 aromatic heterocycles. The first-order valence-corrected chi connectivity index (χ1v) is 18.3. The summed E-state index contributed by atoms with van der Waals surface area (Å²) >= 11 is 0. The Hall–Kier alpha value is -5.23. The summed E-state index contributed by atoms with van der Waals surface area (Å²) in [4.78, 5) is 14.8. The van der Waals surface area contributed by atoms with E-state index in [4.69, 9.17) is 6.42 Å². The van der Waals surface area contributed by atoms with Gasteiger partial charge in [0, 0.05) is 47.5 Å². The quantitative estimate of drug-likeness (QED) is 0.0774. The number of nitrogens with zero attached hydrogens (tertiary/aromatic N) is 2. The molecule has 0 spiro atoms. The van der Waals surface area contributed by atoms with Gasteiger partial charge in [0.2, 0.25) is 11.6 Å². The van der Waals surface area contributed by atoms with Crippen LogP contribution in [0.4, 0.5) is 11.4 Å². The molecule has 2 N–H and O–H groups in total. The van der Waals surface area contributed by atoms with Gasteiger partial charge in [0.1, 0.15) is 0 Å². The van der Waals surface area contributed by atoms with Crippen LogP contribution in [0.1, 0.15) is 45.2 Å². The zero-order valence-corrected chi connectivity index (χ0v) is 29.7. The van der Waals surface area contributed by atoms with Crippen molar-refractivity contribution in [3.63, 3.8) is 0 Å². The van der Waals surface area contributed by atoms with Crippen LogP contribution < -0.4 is 10.2 Å². The van der Waals surface area contributed by atoms with Crippen molar-refractivity contribution >= 4 is 54.7 Å². The highest BCUT2D eigenvalue weighted by atomic mass is 32.2. The van der Waals surface area contributed by atoms with Crippen molar-refractivity contribution in [1.82, 2.24) is 5.32 Å². The van der Waals surface area contributed by atoms with Gasteiger partial charge in [-0.05, 0) is 59.2 Å². The number of carbonyl (C=O) groups is 1. The lowest BCUT2D eigenvalue weighted by molar-refractivity contribution is -0.415. The average Bonchev–Trinajstić information content (AvgIpc) is 3.43. The third kappa shape index (κ3) is 6.55. The predicted molar refractivity (Wildman–Crippen MR) is 205 cm³/mol. The van der Waals surface area contributed by atoms with Crippen LogP contribution in [0.2, 0.25) is 0 Å². The highest BCUT2D eigenvalue weighted by molar-refractivity contribution is 7.85. The molecule has 2 aliphatic rings. The standard InChI is InChI=1S/C42H41N3O4S/c1-6-27-43-38(46)26-28-44-34-24-22-30-16-12-14-18-32(30)39(34)41(2,3)36(44)20-10-8-7-9-11-21-37-42(4,5)40-33-19-15-13-17-31(33)23-25-35(40)45(37)29-50(47,48)49/h1,7-25H,26-29H2,2-5H3,(H-,43,46,47,48,49)/p+1. The first-order valence-electron chi connectivity index (χ1n) is 16.7. The molecule has 50 heavy (non-hydrogen) atoms. The fraction of sp³-hybridized carbons (Fsp3) is 0.238. The molecule has 0 bridgehead atoms. The van der Waals surface area contributed by atoms with Crippen molar-refractivity contribution in [2.45, 2.75) is 44.9 Å². The minimum Gasteiger partial charge on any atom is -0.345 e. The summed E-state index contributed by atoms with van der Waals surface area (Å²) in [6.45, 7) is 9.30. The first-order chi connectivity index (χ1) is 23.8. The number of fused-ring (bicyclic) bond motifs is 6. The molecule has 6 rings (SSSR count). The van der Waals surface area contributed by atoms with E-state index in [2.05, 4.69) is 86.3 Å². The predicted octanol–water partition coefficient (Wildman–Crippen LogP) is 7.70. The van der Waals surface area contributed by atoms with Crippen molar-refractivity contribution in [1.29, 1.82) is 0 Å². The second-order valence-electron chi connectivity index (χ2n) is 13.7. The van der Waals surface area contributed by atoms with Crippen LogP contribution in [0.15, 0.2) is 121 Å². The van der Waals surface area contributed by atoms with E-state index in [0.29, 0.717) is 13.0 Å². The summed E-state index contributed by atoms with van der Waals surface area (Å²) in [7, 11) is -4.30. The molecule has 4 aromatic rings. The van der Waals surface area contributed by atoms with Crippen LogP contribution in [0, 0.1) is 12.3 Å². The molecule has 2 aliphatic heterocycles. The number of benzene rings is 4. The third-order valence-corrected chi connectivity index (χ3v) is 10.3. The smallest absolute Gasteiger partial charge is 0.326 e. The average molecular weight is 685 g/mol. The Morgan fingerprint density at radius 2 is 1.48 bits per heavy atom. The fourth-order valence-electron chi connectivity index (χ4n) is 7.55. The maximum atomic E-state index is 12.5. The van der Waals surface area contributed by atoms with Crippen molar-refractivity contribution in [2.75, 3.05) is 23.9 Å². The molecule has 0 saturated heterocycles. The van der Waals surface area contributed by atoms with Gasteiger partial charge in [-0.15, -0.1) is 6.42 Å². The van der Waals surface area contributed by atoms with E-state index in [1.807, 2.05) is 72.9 Å². The molecule has 0 atom stereocenters. The van der Waals surface area contributed by atoms with Crippen LogP contribution >= 0.6 is 0 Å². The van der Waals surface area contributed by atoms with Gasteiger partial charge in [-0.25, -0.2) is 0 Å². The van der Waals surface area contributed by atoms with Gasteiger partial charge >= 0.3 is 10.1 Å². The van der Waals surface area contributed by atoms with Gasteiger partial charge in [0.05, 0.1) is 12.0 Å². The minimum absolute atomic E-state index is 0.0886. The van der Waals surface area contributed by atoms with Gasteiger partial charge in [-0.1, -0.05) is 105 Å². The SMILES string of the molecule is C#CCNC(=O)CCN1C(=CC=CC=CC=CC2=[N+](CS(=O)(=O)O)c3ccc4ccccc4c3C2(C)C)C(C)(C)c2c1ccc1ccccc21. The number of allylic oxidation sites excluding steroid dienone is 8. The molecular weight excluding hydrogens is 643 g/mol. The van der Waals surface area contributed by atoms with Gasteiger partial charge in [-0.3, -0.25) is 9.35 Å². The highest BCUT2D eigenvalue weighted by Gasteiger charge is 2.46. The first kappa shape index (κ1) is 34.6. The number of terminal acetylenes is 1. The van der Waals surface area contributed by atoms with Crippen LogP contribution in [-0.2, 0) is 25.7 Å². The van der Waals surface area contributed by atoms with E-state index in [1.165, 1.54) is 16.3 Å². The highest BCUT2D eigenvalue weighted by Crippen LogP contribution is 2.51. The van der Waals surface area contributed by atoms with E-state index in [1.54, 1.807) is 4.58 Å². The van der Waals surface area contributed by atoms with E-state index in [9.17, 15) is 17.8 Å². The van der Waals surface area contributed by atoms with Crippen molar-refractivity contribution < 1.29 is 22.3 Å². The maximum Gasteiger partial charge on any atom is 0.326 e. The van der Waals surface area contributed by atoms with E-state index >= 15 is 0 Å². The fourth-order valence-corrected chi connectivity index (χ4v) is 8.16. The number of nitrogens with one attached hydrogen (secondary N) is 1. The van der Waals surface area contributed by atoms with Crippen molar-refractivity contribution in [2.24, 2.45) is 0 Å². The Morgan fingerprint density at radius 3 is 2.16 bits per heavy atom. The van der Waals surface area contributed by atoms with Crippen LogP contribution in [0.25, 0.3) is 21.5 Å². The third-order valence-electron chi connectivity index (χ3n) is 9.70. The van der Waals surface area contributed by atoms with E-state index < -0.39 is 21.4 Å². The molecule has 8 heteroatoms. The molecule has 0 saturated carbocycles. The van der Waals surface area contributed by atoms with Gasteiger partial charge < -0.3 is 10.2 Å². The molecule has 0 fully saturated rings. The molecule has 4 aromatic carbocycles. The van der Waals surface area contributed by atoms with Crippen LogP contribution in [0.5, 0.6) is 0 Å². The van der Waals surface area contributed by atoms with E-state index in [0.717, 1.165) is 39.1 Å². The molecular formula is C42H42N3O4S+. The van der Waals surface area contributed by atoms with Crippen LogP contribution in [0.3, 0.4) is 0 Å². The lowest BCUT2D eigenvalue weighted by Gasteiger charge is -2.27. The number of carbonyl (C=O) groups excluding carboxylic acids is 1. The summed E-state index contributed by atoms with van der Waals surface area (Å²) in [6, 6.07) is 24.6. The van der Waals surface area contributed by atoms with Crippen molar-refractivity contribution in [3.8, 4) is 12.3 Å². The van der Waals surface area contributed by atoms with E-state index in [-0.39, 0.29) is 17.9 Å². The number of amides is 1. The summed E-state index contributed by atoms with van der Waals surface area (Å²) in [5, 5.41) is 7.26. The molecule has 0 aliphatic carbocycles. The Morgan fingerprint density at radius 1 is 0.860 bits per heavy atom. The second kappa shape index (κ2) is 13.6. The minimum atomic E-state index is -4.30. The molecule has 0 unspecified atom stereocenters. The molecule has 2 heterocycles. The maximum absolute atomic E-state index is 12.5. The molecule has 254 valence electrons. The normalized spacial score (nSPS) is 17.4. The van der Waals surface area contributed by atoms with Gasteiger partial charge in [0.25, 0.3) is 5.88 Å². The number of anilines is 1. The molecule has 1 amide bonds. The monoisotopic (exact) mass is 684 g/mol. The summed E-state index contributed by atoms with van der Waals surface area (Å²) < 4.78 is 35.8. The molecule has 7 nitrogen and oxygen atoms in total. The Labute approximate surface area is 294 Å². The number of rotatable bonds is 10.